The third-order valence-corrected chi connectivity index (χ3v) is 3.49. The van der Waals surface area contributed by atoms with Crippen molar-refractivity contribution in [2.24, 2.45) is 4.99 Å². The number of aliphatic imine (C=N–C) groups is 1. The van der Waals surface area contributed by atoms with Crippen LogP contribution < -0.4 is 10.6 Å². The normalized spacial score (nSPS) is 12.1. The number of rotatable bonds is 7. The number of hydrogen-bond donors (Lipinski definition) is 2. The zero-order valence-electron chi connectivity index (χ0n) is 14.8. The summed E-state index contributed by atoms with van der Waals surface area (Å²) in [6, 6.07) is 6.72. The van der Waals surface area contributed by atoms with E-state index in [1.54, 1.807) is 26.2 Å². The minimum atomic E-state index is -0.232. The SMILES string of the molecule is CCC(C)NC(=NCC(=O)N(C)C)NCCc1ccc(F)cc1.I. The maximum absolute atomic E-state index is 12.9. The van der Waals surface area contributed by atoms with Crippen LogP contribution in [0.25, 0.3) is 0 Å². The van der Waals surface area contributed by atoms with Gasteiger partial charge in [0.2, 0.25) is 5.91 Å². The average Bonchev–Trinajstić information content (AvgIpc) is 2.53. The Hall–Kier alpha value is -1.38. The lowest BCUT2D eigenvalue weighted by Crippen LogP contribution is -2.43. The summed E-state index contributed by atoms with van der Waals surface area (Å²) in [6.45, 7) is 4.91. The number of halogens is 2. The van der Waals surface area contributed by atoms with Crippen molar-refractivity contribution in [1.82, 2.24) is 15.5 Å². The minimum Gasteiger partial charge on any atom is -0.356 e. The van der Waals surface area contributed by atoms with Gasteiger partial charge in [-0.3, -0.25) is 4.79 Å². The zero-order chi connectivity index (χ0) is 17.2. The number of nitrogens with one attached hydrogen (secondary N) is 2. The molecule has 0 bridgehead atoms. The summed E-state index contributed by atoms with van der Waals surface area (Å²) in [4.78, 5) is 17.5. The lowest BCUT2D eigenvalue weighted by molar-refractivity contribution is -0.127. The molecule has 0 saturated heterocycles. The highest BCUT2D eigenvalue weighted by molar-refractivity contribution is 14.0. The molecule has 0 aliphatic heterocycles. The fraction of sp³-hybridized carbons (Fsp3) is 0.529. The Morgan fingerprint density at radius 1 is 1.29 bits per heavy atom. The minimum absolute atomic E-state index is 0. The van der Waals surface area contributed by atoms with Gasteiger partial charge in [-0.1, -0.05) is 19.1 Å². The van der Waals surface area contributed by atoms with Gasteiger partial charge in [0, 0.05) is 26.7 Å². The van der Waals surface area contributed by atoms with Gasteiger partial charge >= 0.3 is 0 Å². The summed E-state index contributed by atoms with van der Waals surface area (Å²) in [7, 11) is 3.42. The highest BCUT2D eigenvalue weighted by Gasteiger charge is 2.06. The highest BCUT2D eigenvalue weighted by atomic mass is 127. The molecule has 1 rings (SSSR count). The number of carbonyl (C=O) groups excluding carboxylic acids is 1. The van der Waals surface area contributed by atoms with Crippen LogP contribution in [0.4, 0.5) is 4.39 Å². The maximum Gasteiger partial charge on any atom is 0.243 e. The van der Waals surface area contributed by atoms with Crippen LogP contribution in [0.5, 0.6) is 0 Å². The van der Waals surface area contributed by atoms with Crippen LogP contribution in [0.15, 0.2) is 29.3 Å². The van der Waals surface area contributed by atoms with Crippen LogP contribution in [0.3, 0.4) is 0 Å². The van der Waals surface area contributed by atoms with Crippen LogP contribution in [0.2, 0.25) is 0 Å². The fourth-order valence-corrected chi connectivity index (χ4v) is 1.75. The lowest BCUT2D eigenvalue weighted by atomic mass is 10.1. The van der Waals surface area contributed by atoms with E-state index in [2.05, 4.69) is 29.5 Å². The van der Waals surface area contributed by atoms with E-state index >= 15 is 0 Å². The molecule has 1 aromatic carbocycles. The first kappa shape index (κ1) is 22.6. The van der Waals surface area contributed by atoms with E-state index in [9.17, 15) is 9.18 Å². The van der Waals surface area contributed by atoms with E-state index in [-0.39, 0.29) is 48.3 Å². The molecule has 5 nitrogen and oxygen atoms in total. The molecule has 24 heavy (non-hydrogen) atoms. The van der Waals surface area contributed by atoms with Gasteiger partial charge in [-0.2, -0.15) is 0 Å². The number of carbonyl (C=O) groups is 1. The molecule has 136 valence electrons. The number of hydrogen-bond acceptors (Lipinski definition) is 2. The van der Waals surface area contributed by atoms with Crippen molar-refractivity contribution in [2.45, 2.75) is 32.7 Å². The molecule has 0 aliphatic carbocycles. The molecule has 0 aromatic heterocycles. The van der Waals surface area contributed by atoms with Gasteiger partial charge in [0.1, 0.15) is 12.4 Å². The second kappa shape index (κ2) is 12.0. The Morgan fingerprint density at radius 3 is 2.46 bits per heavy atom. The molecule has 0 radical (unpaired) electrons. The van der Waals surface area contributed by atoms with Gasteiger partial charge in [-0.15, -0.1) is 24.0 Å². The summed E-state index contributed by atoms with van der Waals surface area (Å²) in [5.74, 6) is 0.343. The summed E-state index contributed by atoms with van der Waals surface area (Å²) >= 11 is 0. The average molecular weight is 450 g/mol. The van der Waals surface area contributed by atoms with Crippen molar-refractivity contribution in [3.8, 4) is 0 Å². The molecule has 1 atom stereocenters. The van der Waals surface area contributed by atoms with Crippen molar-refractivity contribution in [3.05, 3.63) is 35.6 Å². The number of nitrogens with zero attached hydrogens (tertiary/aromatic N) is 2. The van der Waals surface area contributed by atoms with Gasteiger partial charge < -0.3 is 15.5 Å². The van der Waals surface area contributed by atoms with Gasteiger partial charge in [0.05, 0.1) is 0 Å². The summed E-state index contributed by atoms with van der Waals surface area (Å²) in [5, 5.41) is 6.48. The number of amides is 1. The van der Waals surface area contributed by atoms with Gasteiger partial charge in [-0.25, -0.2) is 9.38 Å². The molecule has 0 spiro atoms. The van der Waals surface area contributed by atoms with E-state index in [1.807, 2.05) is 0 Å². The topological polar surface area (TPSA) is 56.7 Å². The van der Waals surface area contributed by atoms with E-state index < -0.39 is 0 Å². The molecule has 1 unspecified atom stereocenters. The van der Waals surface area contributed by atoms with Crippen LogP contribution >= 0.6 is 24.0 Å². The van der Waals surface area contributed by atoms with Crippen LogP contribution in [0.1, 0.15) is 25.8 Å². The molecule has 0 fully saturated rings. The number of likely N-dealkylation sites (N-methyl/N-ethyl adjacent to an activating group) is 1. The largest absolute Gasteiger partial charge is 0.356 e. The van der Waals surface area contributed by atoms with Gasteiger partial charge in [0.25, 0.3) is 0 Å². The number of benzene rings is 1. The van der Waals surface area contributed by atoms with Crippen LogP contribution in [0, 0.1) is 5.82 Å². The zero-order valence-corrected chi connectivity index (χ0v) is 17.1. The first-order chi connectivity index (χ1) is 10.9. The van der Waals surface area contributed by atoms with Crippen LogP contribution in [-0.2, 0) is 11.2 Å². The fourth-order valence-electron chi connectivity index (χ4n) is 1.75. The standard InChI is InChI=1S/C17H27FN4O.HI/c1-5-13(2)21-17(20-12-16(23)22(3)4)19-11-10-14-6-8-15(18)9-7-14;/h6-9,13H,5,10-12H2,1-4H3,(H2,19,20,21);1H. The van der Waals surface area contributed by atoms with E-state index in [0.29, 0.717) is 12.5 Å². The lowest BCUT2D eigenvalue weighted by Gasteiger charge is -2.17. The van der Waals surface area contributed by atoms with Crippen molar-refractivity contribution >= 4 is 35.8 Å². The Kier molecular flexibility index (Phi) is 11.4. The molecule has 0 heterocycles. The summed E-state index contributed by atoms with van der Waals surface area (Å²) in [5.41, 5.74) is 1.05. The van der Waals surface area contributed by atoms with E-state index in [1.165, 1.54) is 17.0 Å². The molecular formula is C17H28FIN4O. The Morgan fingerprint density at radius 2 is 1.92 bits per heavy atom. The van der Waals surface area contributed by atoms with Gasteiger partial charge in [0.15, 0.2) is 5.96 Å². The first-order valence-electron chi connectivity index (χ1n) is 7.91. The second-order valence-corrected chi connectivity index (χ2v) is 5.71. The molecule has 1 aromatic rings. The molecule has 2 N–H and O–H groups in total. The van der Waals surface area contributed by atoms with Crippen molar-refractivity contribution in [3.63, 3.8) is 0 Å². The monoisotopic (exact) mass is 450 g/mol. The predicted molar refractivity (Wildman–Crippen MR) is 107 cm³/mol. The molecule has 7 heteroatoms. The van der Waals surface area contributed by atoms with E-state index in [4.69, 9.17) is 0 Å². The highest BCUT2D eigenvalue weighted by Crippen LogP contribution is 2.02. The molecule has 1 amide bonds. The Bertz CT molecular complexity index is 520. The third-order valence-electron chi connectivity index (χ3n) is 3.49. The summed E-state index contributed by atoms with van der Waals surface area (Å²) < 4.78 is 12.9. The molecular weight excluding hydrogens is 422 g/mol. The van der Waals surface area contributed by atoms with Gasteiger partial charge in [-0.05, 0) is 37.5 Å². The Labute approximate surface area is 161 Å². The number of guanidine groups is 1. The Balaban J connectivity index is 0.00000529. The van der Waals surface area contributed by atoms with Crippen molar-refractivity contribution in [2.75, 3.05) is 27.2 Å². The van der Waals surface area contributed by atoms with Crippen molar-refractivity contribution in [1.29, 1.82) is 0 Å². The van der Waals surface area contributed by atoms with Crippen LogP contribution in [-0.4, -0.2) is 50.0 Å². The maximum atomic E-state index is 12.9. The van der Waals surface area contributed by atoms with Crippen molar-refractivity contribution < 1.29 is 9.18 Å². The summed E-state index contributed by atoms with van der Waals surface area (Å²) in [6.07, 6.45) is 1.71. The first-order valence-corrected chi connectivity index (χ1v) is 7.91. The molecule has 0 aliphatic rings. The second-order valence-electron chi connectivity index (χ2n) is 5.71. The quantitative estimate of drug-likeness (QED) is 0.381. The molecule has 0 saturated carbocycles. The third kappa shape index (κ3) is 9.05. The predicted octanol–water partition coefficient (Wildman–Crippen LogP) is 2.41. The van der Waals surface area contributed by atoms with E-state index in [0.717, 1.165) is 18.4 Å². The smallest absolute Gasteiger partial charge is 0.243 e.